The van der Waals surface area contributed by atoms with Crippen molar-refractivity contribution in [3.8, 4) is 57.0 Å². The normalized spacial score (nSPS) is 12.7. The fourth-order valence-corrected chi connectivity index (χ4v) is 8.02. The quantitative estimate of drug-likeness (QED) is 0.172. The van der Waals surface area contributed by atoms with Gasteiger partial charge in [0, 0.05) is 22.5 Å². The highest BCUT2D eigenvalue weighted by molar-refractivity contribution is 5.94. The molecule has 274 valence electrons. The van der Waals surface area contributed by atoms with E-state index < -0.39 is 0 Å². The molecule has 0 saturated heterocycles. The molecule has 0 spiro atoms. The Morgan fingerprint density at radius 1 is 0.328 bits per heavy atom. The third-order valence-corrected chi connectivity index (χ3v) is 10.6. The summed E-state index contributed by atoms with van der Waals surface area (Å²) in [5.74, 6) is 4.09. The monoisotopic (exact) mass is 750 g/mol. The summed E-state index contributed by atoms with van der Waals surface area (Å²) >= 11 is 0. The van der Waals surface area contributed by atoms with Crippen LogP contribution in [0.15, 0.2) is 191 Å². The van der Waals surface area contributed by atoms with Crippen molar-refractivity contribution in [2.45, 2.75) is 0 Å². The molecule has 8 aromatic carbocycles. The molecule has 0 aliphatic carbocycles. The summed E-state index contributed by atoms with van der Waals surface area (Å²) in [7, 11) is 0. The van der Waals surface area contributed by atoms with Gasteiger partial charge in [0.25, 0.3) is 0 Å². The Morgan fingerprint density at radius 2 is 0.672 bits per heavy atom. The minimum absolute atomic E-state index is 0.504. The SMILES string of the molecule is c1ccc2c(c1)Oc1ccccc1N2c1cc(-c2cc(-c3nc4ccccc4o3)cc(-c3nc4ccccc4o3)c2)cc(N2c3ccccc3Oc3ccccc32)c1. The number of benzene rings is 8. The Morgan fingerprint density at radius 3 is 1.09 bits per heavy atom. The first-order valence-electron chi connectivity index (χ1n) is 19.0. The predicted molar refractivity (Wildman–Crippen MR) is 227 cm³/mol. The first kappa shape index (κ1) is 32.2. The second-order valence-electron chi connectivity index (χ2n) is 14.3. The fraction of sp³-hybridized carbons (Fsp3) is 0. The number of aromatic nitrogens is 2. The van der Waals surface area contributed by atoms with Gasteiger partial charge in [-0.1, -0.05) is 72.8 Å². The lowest BCUT2D eigenvalue weighted by Crippen LogP contribution is -2.18. The second-order valence-corrected chi connectivity index (χ2v) is 14.3. The Balaban J connectivity index is 1.13. The number of para-hydroxylation sites is 12. The van der Waals surface area contributed by atoms with Crippen LogP contribution in [0.1, 0.15) is 0 Å². The number of rotatable bonds is 5. The highest BCUT2D eigenvalue weighted by atomic mass is 16.5. The van der Waals surface area contributed by atoms with Crippen molar-refractivity contribution >= 4 is 56.3 Å². The number of fused-ring (bicyclic) bond motifs is 6. The van der Waals surface area contributed by atoms with Gasteiger partial charge in [0.15, 0.2) is 34.2 Å². The van der Waals surface area contributed by atoms with Crippen LogP contribution in [-0.2, 0) is 0 Å². The maximum Gasteiger partial charge on any atom is 0.227 e. The lowest BCUT2D eigenvalue weighted by atomic mass is 9.97. The van der Waals surface area contributed by atoms with E-state index in [1.54, 1.807) is 0 Å². The third-order valence-electron chi connectivity index (χ3n) is 10.6. The van der Waals surface area contributed by atoms with E-state index in [2.05, 4.69) is 64.4 Å². The molecule has 4 heterocycles. The molecule has 2 aliphatic heterocycles. The minimum atomic E-state index is 0.504. The molecule has 0 saturated carbocycles. The van der Waals surface area contributed by atoms with Gasteiger partial charge >= 0.3 is 0 Å². The van der Waals surface area contributed by atoms with Crippen molar-refractivity contribution in [1.29, 1.82) is 0 Å². The molecular weight excluding hydrogens is 721 g/mol. The molecule has 0 bridgehead atoms. The summed E-state index contributed by atoms with van der Waals surface area (Å²) in [4.78, 5) is 14.4. The highest BCUT2D eigenvalue weighted by Crippen LogP contribution is 2.54. The summed E-state index contributed by atoms with van der Waals surface area (Å²) < 4.78 is 25.7. The largest absolute Gasteiger partial charge is 0.453 e. The van der Waals surface area contributed by atoms with Gasteiger partial charge in [-0.3, -0.25) is 0 Å². The van der Waals surface area contributed by atoms with Crippen molar-refractivity contribution in [1.82, 2.24) is 9.97 Å². The molecule has 0 amide bonds. The van der Waals surface area contributed by atoms with E-state index in [1.165, 1.54) is 0 Å². The Kier molecular flexibility index (Phi) is 7.06. The molecule has 0 unspecified atom stereocenters. The average Bonchev–Trinajstić information content (AvgIpc) is 3.92. The van der Waals surface area contributed by atoms with Crippen LogP contribution in [0.4, 0.5) is 34.1 Å². The highest BCUT2D eigenvalue weighted by Gasteiger charge is 2.30. The smallest absolute Gasteiger partial charge is 0.227 e. The van der Waals surface area contributed by atoms with Crippen LogP contribution in [0.5, 0.6) is 23.0 Å². The van der Waals surface area contributed by atoms with Crippen LogP contribution < -0.4 is 19.3 Å². The number of hydrogen-bond donors (Lipinski definition) is 0. The standard InChI is InChI=1S/C50H30N4O4/c1-7-19-43-37(13-1)51-49(57-43)33-25-31(26-34(27-33)50-52-38-14-2-8-20-44(38)58-50)32-28-35(53-39-15-3-9-21-45(39)55-46-22-10-4-16-40(46)53)30-36(29-32)54-41-17-5-11-23-47(41)56-48-24-12-6-18-42(48)54/h1-30H. The average molecular weight is 751 g/mol. The Hall–Kier alpha value is -8.10. The zero-order valence-corrected chi connectivity index (χ0v) is 30.7. The van der Waals surface area contributed by atoms with Crippen LogP contribution in [0.25, 0.3) is 56.2 Å². The van der Waals surface area contributed by atoms with E-state index in [4.69, 9.17) is 28.3 Å². The topological polar surface area (TPSA) is 77.0 Å². The maximum atomic E-state index is 6.46. The van der Waals surface area contributed by atoms with E-state index >= 15 is 0 Å². The fourth-order valence-electron chi connectivity index (χ4n) is 8.02. The van der Waals surface area contributed by atoms with Gasteiger partial charge in [-0.15, -0.1) is 0 Å². The van der Waals surface area contributed by atoms with E-state index in [-0.39, 0.29) is 0 Å². The molecule has 10 aromatic rings. The third kappa shape index (κ3) is 5.23. The molecule has 58 heavy (non-hydrogen) atoms. The lowest BCUT2D eigenvalue weighted by molar-refractivity contribution is 0.477. The van der Waals surface area contributed by atoms with Gasteiger partial charge in [0.05, 0.1) is 22.7 Å². The first-order valence-corrected chi connectivity index (χ1v) is 19.0. The zero-order valence-electron chi connectivity index (χ0n) is 30.7. The minimum Gasteiger partial charge on any atom is -0.453 e. The van der Waals surface area contributed by atoms with Crippen molar-refractivity contribution < 1.29 is 18.3 Å². The van der Waals surface area contributed by atoms with Gasteiger partial charge < -0.3 is 28.1 Å². The van der Waals surface area contributed by atoms with Crippen molar-refractivity contribution in [3.63, 3.8) is 0 Å². The molecule has 12 rings (SSSR count). The van der Waals surface area contributed by atoms with Gasteiger partial charge in [0.1, 0.15) is 11.0 Å². The molecule has 0 fully saturated rings. The van der Waals surface area contributed by atoms with Gasteiger partial charge in [-0.2, -0.15) is 0 Å². The van der Waals surface area contributed by atoms with Crippen LogP contribution in [0, 0.1) is 0 Å². The summed E-state index contributed by atoms with van der Waals surface area (Å²) in [6.07, 6.45) is 0. The van der Waals surface area contributed by atoms with E-state index in [0.29, 0.717) is 22.9 Å². The number of anilines is 6. The second kappa shape index (κ2) is 12.7. The van der Waals surface area contributed by atoms with Crippen LogP contribution in [0.2, 0.25) is 0 Å². The first-order chi connectivity index (χ1) is 28.7. The summed E-state index contributed by atoms with van der Waals surface area (Å²) in [5.41, 5.74) is 12.0. The summed E-state index contributed by atoms with van der Waals surface area (Å²) in [5, 5.41) is 0. The number of oxazole rings is 2. The number of ether oxygens (including phenoxy) is 2. The van der Waals surface area contributed by atoms with Gasteiger partial charge in [0.2, 0.25) is 11.8 Å². The Labute approximate surface area is 332 Å². The van der Waals surface area contributed by atoms with Crippen LogP contribution in [-0.4, -0.2) is 9.97 Å². The van der Waals surface area contributed by atoms with Crippen LogP contribution >= 0.6 is 0 Å². The van der Waals surface area contributed by atoms with Gasteiger partial charge in [-0.05, 0) is 120 Å². The number of hydrogen-bond acceptors (Lipinski definition) is 8. The molecule has 8 heteroatoms. The Bertz CT molecular complexity index is 2870. The van der Waals surface area contributed by atoms with Crippen molar-refractivity contribution in [2.24, 2.45) is 0 Å². The molecule has 8 nitrogen and oxygen atoms in total. The molecule has 2 aromatic heterocycles. The van der Waals surface area contributed by atoms with Crippen molar-refractivity contribution in [2.75, 3.05) is 9.80 Å². The molecule has 2 aliphatic rings. The van der Waals surface area contributed by atoms with E-state index in [9.17, 15) is 0 Å². The molecule has 0 N–H and O–H groups in total. The van der Waals surface area contributed by atoms with Crippen LogP contribution in [0.3, 0.4) is 0 Å². The summed E-state index contributed by atoms with van der Waals surface area (Å²) in [6.45, 7) is 0. The lowest BCUT2D eigenvalue weighted by Gasteiger charge is -2.36. The molecule has 0 radical (unpaired) electrons. The van der Waals surface area contributed by atoms with E-state index in [0.717, 1.165) is 90.4 Å². The van der Waals surface area contributed by atoms with Crippen molar-refractivity contribution in [3.05, 3.63) is 182 Å². The van der Waals surface area contributed by atoms with E-state index in [1.807, 2.05) is 127 Å². The zero-order chi connectivity index (χ0) is 38.2. The maximum absolute atomic E-state index is 6.46. The predicted octanol–water partition coefficient (Wildman–Crippen LogP) is 14.1. The summed E-state index contributed by atoms with van der Waals surface area (Å²) in [6, 6.07) is 61.1. The molecule has 0 atom stereocenters. The molecular formula is C50H30N4O4. The number of nitrogens with zero attached hydrogens (tertiary/aromatic N) is 4. The van der Waals surface area contributed by atoms with Gasteiger partial charge in [-0.25, -0.2) is 9.97 Å².